The van der Waals surface area contributed by atoms with E-state index in [1.807, 2.05) is 6.61 Å². The SMILES string of the molecule is CCCCCCCCCCCCCCCCCCC[CH]OCCC. The van der Waals surface area contributed by atoms with Gasteiger partial charge >= 0.3 is 0 Å². The average Bonchev–Trinajstić information content (AvgIpc) is 2.60. The van der Waals surface area contributed by atoms with Gasteiger partial charge in [-0.1, -0.05) is 123 Å². The number of hydrogen-bond donors (Lipinski definition) is 0. The number of ether oxygens (including phenoxy) is 1. The van der Waals surface area contributed by atoms with Crippen molar-refractivity contribution in [3.8, 4) is 0 Å². The zero-order valence-electron chi connectivity index (χ0n) is 17.1. The van der Waals surface area contributed by atoms with Gasteiger partial charge in [0.1, 0.15) is 0 Å². The van der Waals surface area contributed by atoms with Crippen molar-refractivity contribution in [2.75, 3.05) is 6.61 Å². The van der Waals surface area contributed by atoms with Gasteiger partial charge in [0.15, 0.2) is 0 Å². The molecular weight excluding hydrogens is 292 g/mol. The van der Waals surface area contributed by atoms with Gasteiger partial charge in [0, 0.05) is 6.61 Å². The number of unbranched alkanes of at least 4 members (excludes halogenated alkanes) is 17. The van der Waals surface area contributed by atoms with Gasteiger partial charge in [0.25, 0.3) is 0 Å². The summed E-state index contributed by atoms with van der Waals surface area (Å²) in [5.74, 6) is 0. The van der Waals surface area contributed by atoms with E-state index in [-0.39, 0.29) is 0 Å². The first kappa shape index (κ1) is 24.0. The fourth-order valence-corrected chi connectivity index (χ4v) is 3.24. The van der Waals surface area contributed by atoms with Crippen LogP contribution in [-0.4, -0.2) is 6.61 Å². The maximum Gasteiger partial charge on any atom is 0.0836 e. The smallest absolute Gasteiger partial charge is 0.0836 e. The molecule has 145 valence electrons. The van der Waals surface area contributed by atoms with Crippen LogP contribution in [-0.2, 0) is 4.74 Å². The van der Waals surface area contributed by atoms with Gasteiger partial charge in [0.05, 0.1) is 6.61 Å². The summed E-state index contributed by atoms with van der Waals surface area (Å²) in [6.45, 7) is 7.35. The summed E-state index contributed by atoms with van der Waals surface area (Å²) in [6, 6.07) is 0. The molecule has 1 nitrogen and oxygen atoms in total. The lowest BCUT2D eigenvalue weighted by molar-refractivity contribution is 0.190. The largest absolute Gasteiger partial charge is 0.376 e. The van der Waals surface area contributed by atoms with Crippen LogP contribution < -0.4 is 0 Å². The summed E-state index contributed by atoms with van der Waals surface area (Å²) in [4.78, 5) is 0. The Morgan fingerprint density at radius 1 is 0.458 bits per heavy atom. The molecule has 0 aliphatic rings. The molecule has 24 heavy (non-hydrogen) atoms. The average molecular weight is 340 g/mol. The van der Waals surface area contributed by atoms with Crippen LogP contribution in [0, 0.1) is 6.61 Å². The fraction of sp³-hybridized carbons (Fsp3) is 0.957. The molecule has 0 aromatic carbocycles. The zero-order chi connectivity index (χ0) is 17.6. The van der Waals surface area contributed by atoms with Gasteiger partial charge in [-0.3, -0.25) is 0 Å². The second-order valence-electron chi connectivity index (χ2n) is 7.48. The van der Waals surface area contributed by atoms with Gasteiger partial charge in [-0.15, -0.1) is 0 Å². The Morgan fingerprint density at radius 3 is 1.21 bits per heavy atom. The molecular formula is C23H47O. The van der Waals surface area contributed by atoms with E-state index in [1.165, 1.54) is 109 Å². The molecule has 0 bridgehead atoms. The molecule has 0 fully saturated rings. The summed E-state index contributed by atoms with van der Waals surface area (Å²) < 4.78 is 5.39. The molecule has 1 heteroatoms. The van der Waals surface area contributed by atoms with Crippen molar-refractivity contribution in [3.63, 3.8) is 0 Å². The van der Waals surface area contributed by atoms with Gasteiger partial charge in [0.2, 0.25) is 0 Å². The fourth-order valence-electron chi connectivity index (χ4n) is 3.24. The summed E-state index contributed by atoms with van der Waals surface area (Å²) in [7, 11) is 0. The molecule has 0 heterocycles. The molecule has 0 aliphatic carbocycles. The summed E-state index contributed by atoms with van der Waals surface area (Å²) in [6.07, 6.45) is 26.8. The first-order chi connectivity index (χ1) is 11.9. The van der Waals surface area contributed by atoms with Crippen LogP contribution in [0.3, 0.4) is 0 Å². The predicted molar refractivity (Wildman–Crippen MR) is 109 cm³/mol. The highest BCUT2D eigenvalue weighted by atomic mass is 16.5. The van der Waals surface area contributed by atoms with Gasteiger partial charge in [-0.25, -0.2) is 0 Å². The Kier molecular flexibility index (Phi) is 22.9. The zero-order valence-corrected chi connectivity index (χ0v) is 17.1. The Labute approximate surface area is 154 Å². The van der Waals surface area contributed by atoms with Crippen LogP contribution in [0.1, 0.15) is 136 Å². The van der Waals surface area contributed by atoms with Crippen LogP contribution in [0.2, 0.25) is 0 Å². The molecule has 0 atom stereocenters. The Hall–Kier alpha value is -0.0400. The normalized spacial score (nSPS) is 11.2. The summed E-state index contributed by atoms with van der Waals surface area (Å²) >= 11 is 0. The van der Waals surface area contributed by atoms with Crippen molar-refractivity contribution >= 4 is 0 Å². The van der Waals surface area contributed by atoms with Crippen molar-refractivity contribution in [2.24, 2.45) is 0 Å². The molecule has 0 saturated heterocycles. The van der Waals surface area contributed by atoms with Crippen LogP contribution >= 0.6 is 0 Å². The van der Waals surface area contributed by atoms with Crippen molar-refractivity contribution < 1.29 is 4.74 Å². The lowest BCUT2D eigenvalue weighted by atomic mass is 10.0. The van der Waals surface area contributed by atoms with Crippen LogP contribution in [0.5, 0.6) is 0 Å². The lowest BCUT2D eigenvalue weighted by Gasteiger charge is -2.04. The minimum atomic E-state index is 0.888. The monoisotopic (exact) mass is 339 g/mol. The van der Waals surface area contributed by atoms with Crippen molar-refractivity contribution in [3.05, 3.63) is 6.61 Å². The minimum absolute atomic E-state index is 0.888. The molecule has 0 aromatic rings. The molecule has 1 radical (unpaired) electrons. The molecule has 0 unspecified atom stereocenters. The molecule has 0 amide bonds. The van der Waals surface area contributed by atoms with E-state index >= 15 is 0 Å². The highest BCUT2D eigenvalue weighted by Gasteiger charge is 1.95. The highest BCUT2D eigenvalue weighted by Crippen LogP contribution is 2.14. The first-order valence-corrected chi connectivity index (χ1v) is 11.3. The van der Waals surface area contributed by atoms with Gasteiger partial charge < -0.3 is 4.74 Å². The number of hydrogen-bond acceptors (Lipinski definition) is 1. The topological polar surface area (TPSA) is 9.23 Å². The number of rotatable bonds is 21. The second-order valence-corrected chi connectivity index (χ2v) is 7.48. The second kappa shape index (κ2) is 23.0. The van der Waals surface area contributed by atoms with Crippen molar-refractivity contribution in [1.29, 1.82) is 0 Å². The third-order valence-corrected chi connectivity index (χ3v) is 4.87. The third kappa shape index (κ3) is 22.0. The van der Waals surface area contributed by atoms with E-state index in [0.29, 0.717) is 0 Å². The van der Waals surface area contributed by atoms with E-state index < -0.39 is 0 Å². The van der Waals surface area contributed by atoms with E-state index in [9.17, 15) is 0 Å². The van der Waals surface area contributed by atoms with E-state index in [1.54, 1.807) is 0 Å². The minimum Gasteiger partial charge on any atom is -0.376 e. The third-order valence-electron chi connectivity index (χ3n) is 4.87. The standard InChI is InChI=1S/C23H47O/c1-3-5-6-7-8-9-10-11-12-13-14-15-16-17-18-19-20-21-23-24-22-4-2/h23H,3-22H2,1-2H3. The Morgan fingerprint density at radius 2 is 0.833 bits per heavy atom. The maximum absolute atomic E-state index is 5.39. The molecule has 0 aliphatic heterocycles. The van der Waals surface area contributed by atoms with Crippen LogP contribution in [0.25, 0.3) is 0 Å². The van der Waals surface area contributed by atoms with E-state index in [0.717, 1.165) is 19.4 Å². The molecule has 0 saturated carbocycles. The van der Waals surface area contributed by atoms with E-state index in [2.05, 4.69) is 13.8 Å². The molecule has 0 N–H and O–H groups in total. The molecule has 0 aromatic heterocycles. The van der Waals surface area contributed by atoms with Crippen molar-refractivity contribution in [2.45, 2.75) is 136 Å². The van der Waals surface area contributed by atoms with Crippen molar-refractivity contribution in [1.82, 2.24) is 0 Å². The van der Waals surface area contributed by atoms with Crippen LogP contribution in [0.15, 0.2) is 0 Å². The molecule has 0 spiro atoms. The quantitative estimate of drug-likeness (QED) is 0.190. The predicted octanol–water partition coefficient (Wildman–Crippen LogP) is 8.62. The summed E-state index contributed by atoms with van der Waals surface area (Å²) in [5, 5.41) is 0. The molecule has 0 rings (SSSR count). The summed E-state index contributed by atoms with van der Waals surface area (Å²) in [5.41, 5.74) is 0. The highest BCUT2D eigenvalue weighted by molar-refractivity contribution is 4.53. The Balaban J connectivity index is 2.93. The van der Waals surface area contributed by atoms with Crippen LogP contribution in [0.4, 0.5) is 0 Å². The lowest BCUT2D eigenvalue weighted by Crippen LogP contribution is -1.89. The van der Waals surface area contributed by atoms with Gasteiger partial charge in [-0.2, -0.15) is 0 Å². The van der Waals surface area contributed by atoms with E-state index in [4.69, 9.17) is 4.74 Å². The first-order valence-electron chi connectivity index (χ1n) is 11.3. The maximum atomic E-state index is 5.39. The van der Waals surface area contributed by atoms with Gasteiger partial charge in [-0.05, 0) is 12.8 Å². The Bertz CT molecular complexity index is 180.